The fourth-order valence-corrected chi connectivity index (χ4v) is 1.59. The van der Waals surface area contributed by atoms with E-state index >= 15 is 0 Å². The summed E-state index contributed by atoms with van der Waals surface area (Å²) in [7, 11) is 0. The number of benzene rings is 1. The molecule has 0 aliphatic heterocycles. The van der Waals surface area contributed by atoms with Gasteiger partial charge >= 0.3 is 0 Å². The van der Waals surface area contributed by atoms with Crippen LogP contribution in [0.2, 0.25) is 0 Å². The minimum absolute atomic E-state index is 0.227. The van der Waals surface area contributed by atoms with Crippen molar-refractivity contribution >= 4 is 22.2 Å². The minimum atomic E-state index is -0.456. The topological polar surface area (TPSA) is 26.3 Å². The van der Waals surface area contributed by atoms with Crippen molar-refractivity contribution in [2.75, 3.05) is 6.61 Å². The summed E-state index contributed by atoms with van der Waals surface area (Å²) in [6.45, 7) is 2.46. The average Bonchev–Trinajstić information content (AvgIpc) is 2.15. The SMILES string of the molecule is CCCOc1c(Br)cc(F)cc1C=O. The van der Waals surface area contributed by atoms with E-state index in [4.69, 9.17) is 4.74 Å². The normalized spacial score (nSPS) is 9.93. The van der Waals surface area contributed by atoms with E-state index in [2.05, 4.69) is 15.9 Å². The molecule has 0 spiro atoms. The molecule has 1 aromatic rings. The van der Waals surface area contributed by atoms with Crippen LogP contribution in [0, 0.1) is 5.82 Å². The number of aldehydes is 1. The highest BCUT2D eigenvalue weighted by atomic mass is 79.9. The summed E-state index contributed by atoms with van der Waals surface area (Å²) in [6, 6.07) is 2.43. The highest BCUT2D eigenvalue weighted by molar-refractivity contribution is 9.10. The van der Waals surface area contributed by atoms with Crippen LogP contribution in [-0.2, 0) is 0 Å². The van der Waals surface area contributed by atoms with E-state index in [1.807, 2.05) is 6.92 Å². The number of carbonyl (C=O) groups excluding carboxylic acids is 1. The number of hydrogen-bond donors (Lipinski definition) is 0. The number of halogens is 2. The van der Waals surface area contributed by atoms with Gasteiger partial charge in [-0.25, -0.2) is 4.39 Å². The maximum Gasteiger partial charge on any atom is 0.153 e. The Morgan fingerprint density at radius 3 is 2.86 bits per heavy atom. The molecule has 0 aromatic heterocycles. The Balaban J connectivity index is 3.05. The fourth-order valence-electron chi connectivity index (χ4n) is 1.02. The second kappa shape index (κ2) is 5.10. The van der Waals surface area contributed by atoms with E-state index in [0.717, 1.165) is 12.5 Å². The molecule has 14 heavy (non-hydrogen) atoms. The van der Waals surface area contributed by atoms with Gasteiger partial charge in [-0.3, -0.25) is 4.79 Å². The van der Waals surface area contributed by atoms with Gasteiger partial charge in [0, 0.05) is 0 Å². The molecule has 0 aliphatic carbocycles. The Morgan fingerprint density at radius 2 is 2.29 bits per heavy atom. The number of carbonyl (C=O) groups is 1. The molecule has 0 radical (unpaired) electrons. The standard InChI is InChI=1S/C10H10BrFO2/c1-2-3-14-10-7(6-13)4-8(12)5-9(10)11/h4-6H,2-3H2,1H3. The summed E-state index contributed by atoms with van der Waals surface area (Å²) in [6.07, 6.45) is 1.42. The zero-order valence-electron chi connectivity index (χ0n) is 7.72. The Bertz CT molecular complexity index is 339. The first kappa shape index (κ1) is 11.2. The second-order valence-electron chi connectivity index (χ2n) is 2.77. The molecule has 0 N–H and O–H groups in total. The van der Waals surface area contributed by atoms with Crippen molar-refractivity contribution < 1.29 is 13.9 Å². The molecule has 0 atom stereocenters. The molecule has 0 unspecified atom stereocenters. The summed E-state index contributed by atoms with van der Waals surface area (Å²) in [5.41, 5.74) is 0.227. The third-order valence-corrected chi connectivity index (χ3v) is 2.20. The van der Waals surface area contributed by atoms with Gasteiger partial charge in [-0.2, -0.15) is 0 Å². The number of ether oxygens (including phenoxy) is 1. The quantitative estimate of drug-likeness (QED) is 0.778. The molecule has 0 saturated heterocycles. The predicted molar refractivity (Wildman–Crippen MR) is 55.3 cm³/mol. The Kier molecular flexibility index (Phi) is 4.07. The first-order chi connectivity index (χ1) is 6.69. The van der Waals surface area contributed by atoms with E-state index in [0.29, 0.717) is 23.1 Å². The van der Waals surface area contributed by atoms with Crippen molar-refractivity contribution in [2.45, 2.75) is 13.3 Å². The monoisotopic (exact) mass is 260 g/mol. The average molecular weight is 261 g/mol. The van der Waals surface area contributed by atoms with Gasteiger partial charge in [0.05, 0.1) is 16.6 Å². The summed E-state index contributed by atoms with van der Waals surface area (Å²) >= 11 is 3.15. The van der Waals surface area contributed by atoms with Gasteiger partial charge in [0.25, 0.3) is 0 Å². The minimum Gasteiger partial charge on any atom is -0.492 e. The lowest BCUT2D eigenvalue weighted by atomic mass is 10.2. The van der Waals surface area contributed by atoms with Crippen LogP contribution in [0.1, 0.15) is 23.7 Å². The Hall–Kier alpha value is -0.900. The lowest BCUT2D eigenvalue weighted by Crippen LogP contribution is -2.00. The number of rotatable bonds is 4. The van der Waals surface area contributed by atoms with Crippen LogP contribution < -0.4 is 4.74 Å². The molecule has 0 saturated carbocycles. The lowest BCUT2D eigenvalue weighted by Gasteiger charge is -2.09. The summed E-state index contributed by atoms with van der Waals surface area (Å²) in [5, 5.41) is 0. The molecular weight excluding hydrogens is 251 g/mol. The molecule has 0 bridgehead atoms. The zero-order chi connectivity index (χ0) is 10.6. The summed E-state index contributed by atoms with van der Waals surface area (Å²) < 4.78 is 18.7. The predicted octanol–water partition coefficient (Wildman–Crippen LogP) is 3.19. The highest BCUT2D eigenvalue weighted by Crippen LogP contribution is 2.29. The summed E-state index contributed by atoms with van der Waals surface area (Å²) in [5.74, 6) is -0.0499. The van der Waals surface area contributed by atoms with Crippen molar-refractivity contribution in [3.63, 3.8) is 0 Å². The van der Waals surface area contributed by atoms with Gasteiger partial charge in [-0.05, 0) is 34.5 Å². The van der Waals surface area contributed by atoms with E-state index in [1.54, 1.807) is 0 Å². The third-order valence-electron chi connectivity index (χ3n) is 1.61. The molecule has 0 heterocycles. The second-order valence-corrected chi connectivity index (χ2v) is 3.63. The molecular formula is C10H10BrFO2. The fraction of sp³-hybridized carbons (Fsp3) is 0.300. The van der Waals surface area contributed by atoms with Crippen molar-refractivity contribution in [3.8, 4) is 5.75 Å². The van der Waals surface area contributed by atoms with Crippen LogP contribution in [0.4, 0.5) is 4.39 Å². The van der Waals surface area contributed by atoms with Crippen molar-refractivity contribution in [1.29, 1.82) is 0 Å². The molecule has 0 fully saturated rings. The maximum absolute atomic E-state index is 12.9. The van der Waals surface area contributed by atoms with Crippen molar-refractivity contribution in [3.05, 3.63) is 28.0 Å². The van der Waals surface area contributed by atoms with E-state index < -0.39 is 5.82 Å². The van der Waals surface area contributed by atoms with E-state index in [1.165, 1.54) is 6.07 Å². The zero-order valence-corrected chi connectivity index (χ0v) is 9.30. The molecule has 2 nitrogen and oxygen atoms in total. The first-order valence-corrected chi connectivity index (χ1v) is 5.05. The van der Waals surface area contributed by atoms with Crippen molar-refractivity contribution in [1.82, 2.24) is 0 Å². The van der Waals surface area contributed by atoms with Gasteiger partial charge in [-0.15, -0.1) is 0 Å². The van der Waals surface area contributed by atoms with E-state index in [9.17, 15) is 9.18 Å². The maximum atomic E-state index is 12.9. The van der Waals surface area contributed by atoms with E-state index in [-0.39, 0.29) is 5.56 Å². The first-order valence-electron chi connectivity index (χ1n) is 4.26. The van der Waals surface area contributed by atoms with Crippen LogP contribution >= 0.6 is 15.9 Å². The van der Waals surface area contributed by atoms with Gasteiger partial charge in [0.15, 0.2) is 6.29 Å². The van der Waals surface area contributed by atoms with Gasteiger partial charge in [0.1, 0.15) is 11.6 Å². The van der Waals surface area contributed by atoms with Gasteiger partial charge in [0.2, 0.25) is 0 Å². The van der Waals surface area contributed by atoms with Crippen molar-refractivity contribution in [2.24, 2.45) is 0 Å². The molecule has 1 aromatic carbocycles. The molecule has 76 valence electrons. The van der Waals surface area contributed by atoms with Crippen LogP contribution in [0.25, 0.3) is 0 Å². The van der Waals surface area contributed by atoms with Crippen LogP contribution in [-0.4, -0.2) is 12.9 Å². The van der Waals surface area contributed by atoms with Gasteiger partial charge < -0.3 is 4.74 Å². The lowest BCUT2D eigenvalue weighted by molar-refractivity contribution is 0.111. The smallest absolute Gasteiger partial charge is 0.153 e. The number of hydrogen-bond acceptors (Lipinski definition) is 2. The van der Waals surface area contributed by atoms with Crippen LogP contribution in [0.15, 0.2) is 16.6 Å². The molecule has 1 rings (SSSR count). The highest BCUT2D eigenvalue weighted by Gasteiger charge is 2.09. The molecule has 4 heteroatoms. The Morgan fingerprint density at radius 1 is 1.57 bits per heavy atom. The summed E-state index contributed by atoms with van der Waals surface area (Å²) in [4.78, 5) is 10.6. The molecule has 0 amide bonds. The third kappa shape index (κ3) is 2.54. The van der Waals surface area contributed by atoms with Crippen LogP contribution in [0.3, 0.4) is 0 Å². The van der Waals surface area contributed by atoms with Gasteiger partial charge in [-0.1, -0.05) is 6.92 Å². The Labute approximate surface area is 90.2 Å². The molecule has 0 aliphatic rings. The van der Waals surface area contributed by atoms with Crippen LogP contribution in [0.5, 0.6) is 5.75 Å². The largest absolute Gasteiger partial charge is 0.492 e.